The molecule has 1 amide bonds. The summed E-state index contributed by atoms with van der Waals surface area (Å²) in [6, 6.07) is 9.76. The number of carbonyl (C=O) groups is 1. The van der Waals surface area contributed by atoms with Crippen molar-refractivity contribution in [3.8, 4) is 5.75 Å². The zero-order valence-corrected chi connectivity index (χ0v) is 9.45. The number of hydrogen-bond acceptors (Lipinski definition) is 4. The smallest absolute Gasteiger partial charge is 0.271 e. The standard InChI is InChI=1S/C13H11N3O2/c17-12-3-1-2-10(8-12)9-15-16-13(18)11-4-6-14-7-5-11/h1-9,17H,(H,16,18)/b15-9-. The molecule has 0 aliphatic carbocycles. The molecule has 5 nitrogen and oxygen atoms in total. The van der Waals surface area contributed by atoms with Crippen molar-refractivity contribution in [1.29, 1.82) is 0 Å². The van der Waals surface area contributed by atoms with Crippen LogP contribution >= 0.6 is 0 Å². The lowest BCUT2D eigenvalue weighted by atomic mass is 10.2. The highest BCUT2D eigenvalue weighted by atomic mass is 16.3. The highest BCUT2D eigenvalue weighted by molar-refractivity contribution is 5.94. The maximum atomic E-state index is 11.6. The van der Waals surface area contributed by atoms with Gasteiger partial charge in [-0.05, 0) is 29.8 Å². The molecule has 0 aliphatic heterocycles. The Labute approximate surface area is 104 Å². The molecule has 0 saturated carbocycles. The molecule has 0 atom stereocenters. The predicted molar refractivity (Wildman–Crippen MR) is 67.4 cm³/mol. The number of rotatable bonds is 3. The monoisotopic (exact) mass is 241 g/mol. The molecule has 0 radical (unpaired) electrons. The summed E-state index contributed by atoms with van der Waals surface area (Å²) in [6.45, 7) is 0. The number of benzene rings is 1. The zero-order valence-electron chi connectivity index (χ0n) is 9.45. The Morgan fingerprint density at radius 2 is 2.06 bits per heavy atom. The molecule has 0 unspecified atom stereocenters. The van der Waals surface area contributed by atoms with Crippen LogP contribution < -0.4 is 5.43 Å². The third-order valence-corrected chi connectivity index (χ3v) is 2.19. The molecule has 2 rings (SSSR count). The number of aromatic nitrogens is 1. The summed E-state index contributed by atoms with van der Waals surface area (Å²) >= 11 is 0. The fourth-order valence-corrected chi connectivity index (χ4v) is 1.34. The van der Waals surface area contributed by atoms with Crippen molar-refractivity contribution in [2.45, 2.75) is 0 Å². The third kappa shape index (κ3) is 3.15. The lowest BCUT2D eigenvalue weighted by Gasteiger charge is -1.98. The fourth-order valence-electron chi connectivity index (χ4n) is 1.34. The number of nitrogens with one attached hydrogen (secondary N) is 1. The van der Waals surface area contributed by atoms with E-state index < -0.39 is 0 Å². The van der Waals surface area contributed by atoms with Crippen LogP contribution in [0, 0.1) is 0 Å². The van der Waals surface area contributed by atoms with Crippen LogP contribution in [0.15, 0.2) is 53.9 Å². The van der Waals surface area contributed by atoms with E-state index in [4.69, 9.17) is 0 Å². The van der Waals surface area contributed by atoms with Gasteiger partial charge in [-0.25, -0.2) is 5.43 Å². The SMILES string of the molecule is O=C(N/N=C\c1cccc(O)c1)c1ccncc1. The first-order chi connectivity index (χ1) is 8.75. The number of amides is 1. The molecular formula is C13H11N3O2. The van der Waals surface area contributed by atoms with E-state index in [2.05, 4.69) is 15.5 Å². The van der Waals surface area contributed by atoms with Crippen molar-refractivity contribution in [3.63, 3.8) is 0 Å². The molecule has 0 saturated heterocycles. The third-order valence-electron chi connectivity index (χ3n) is 2.19. The van der Waals surface area contributed by atoms with Crippen LogP contribution in [-0.4, -0.2) is 22.2 Å². The van der Waals surface area contributed by atoms with E-state index in [9.17, 15) is 9.90 Å². The number of carbonyl (C=O) groups excluding carboxylic acids is 1. The Kier molecular flexibility index (Phi) is 3.66. The molecule has 1 aromatic carbocycles. The van der Waals surface area contributed by atoms with Crippen LogP contribution in [0.3, 0.4) is 0 Å². The van der Waals surface area contributed by atoms with Gasteiger partial charge in [-0.15, -0.1) is 0 Å². The average molecular weight is 241 g/mol. The maximum absolute atomic E-state index is 11.6. The molecule has 2 aromatic rings. The summed E-state index contributed by atoms with van der Waals surface area (Å²) < 4.78 is 0. The van der Waals surface area contributed by atoms with Gasteiger partial charge in [0.15, 0.2) is 0 Å². The molecule has 1 aromatic heterocycles. The molecule has 2 N–H and O–H groups in total. The molecule has 5 heteroatoms. The molecule has 0 fully saturated rings. The predicted octanol–water partition coefficient (Wildman–Crippen LogP) is 1.55. The van der Waals surface area contributed by atoms with E-state index in [-0.39, 0.29) is 11.7 Å². The van der Waals surface area contributed by atoms with Crippen LogP contribution in [0.25, 0.3) is 0 Å². The molecular weight excluding hydrogens is 230 g/mol. The van der Waals surface area contributed by atoms with Crippen molar-refractivity contribution >= 4 is 12.1 Å². The molecule has 0 spiro atoms. The summed E-state index contributed by atoms with van der Waals surface area (Å²) in [7, 11) is 0. The first kappa shape index (κ1) is 11.8. The van der Waals surface area contributed by atoms with Crippen molar-refractivity contribution in [2.24, 2.45) is 5.10 Å². The van der Waals surface area contributed by atoms with Crippen LogP contribution in [-0.2, 0) is 0 Å². The molecule has 1 heterocycles. The largest absolute Gasteiger partial charge is 0.508 e. The maximum Gasteiger partial charge on any atom is 0.271 e. The van der Waals surface area contributed by atoms with Gasteiger partial charge >= 0.3 is 0 Å². The minimum atomic E-state index is -0.311. The summed E-state index contributed by atoms with van der Waals surface area (Å²) in [5.74, 6) is -0.159. The van der Waals surface area contributed by atoms with Gasteiger partial charge in [-0.3, -0.25) is 9.78 Å². The quantitative estimate of drug-likeness (QED) is 0.632. The van der Waals surface area contributed by atoms with Gasteiger partial charge in [-0.2, -0.15) is 5.10 Å². The minimum absolute atomic E-state index is 0.152. The Morgan fingerprint density at radius 3 is 2.78 bits per heavy atom. The number of hydrogen-bond donors (Lipinski definition) is 2. The van der Waals surface area contributed by atoms with Gasteiger partial charge < -0.3 is 5.11 Å². The first-order valence-corrected chi connectivity index (χ1v) is 5.28. The van der Waals surface area contributed by atoms with Crippen LogP contribution in [0.5, 0.6) is 5.75 Å². The van der Waals surface area contributed by atoms with Crippen molar-refractivity contribution < 1.29 is 9.90 Å². The summed E-state index contributed by atoms with van der Waals surface area (Å²) in [5.41, 5.74) is 3.57. The Bertz CT molecular complexity index is 567. The van der Waals surface area contributed by atoms with Gasteiger partial charge in [0.05, 0.1) is 6.21 Å². The molecule has 0 aliphatic rings. The van der Waals surface area contributed by atoms with Gasteiger partial charge in [0.25, 0.3) is 5.91 Å². The van der Waals surface area contributed by atoms with Crippen molar-refractivity contribution in [2.75, 3.05) is 0 Å². The Morgan fingerprint density at radius 1 is 1.28 bits per heavy atom. The lowest BCUT2D eigenvalue weighted by Crippen LogP contribution is -2.17. The van der Waals surface area contributed by atoms with E-state index in [0.29, 0.717) is 11.1 Å². The molecule has 90 valence electrons. The average Bonchev–Trinajstić information content (AvgIpc) is 2.40. The normalized spacial score (nSPS) is 10.4. The van der Waals surface area contributed by atoms with Crippen LogP contribution in [0.4, 0.5) is 0 Å². The molecule has 0 bridgehead atoms. The number of nitrogens with zero attached hydrogens (tertiary/aromatic N) is 2. The van der Waals surface area contributed by atoms with E-state index in [1.165, 1.54) is 18.6 Å². The summed E-state index contributed by atoms with van der Waals surface area (Å²) in [4.78, 5) is 15.4. The number of aromatic hydroxyl groups is 1. The second kappa shape index (κ2) is 5.58. The van der Waals surface area contributed by atoms with Gasteiger partial charge in [0.1, 0.15) is 5.75 Å². The van der Waals surface area contributed by atoms with E-state index >= 15 is 0 Å². The Balaban J connectivity index is 1.98. The van der Waals surface area contributed by atoms with E-state index in [1.54, 1.807) is 36.4 Å². The minimum Gasteiger partial charge on any atom is -0.508 e. The molecule has 18 heavy (non-hydrogen) atoms. The van der Waals surface area contributed by atoms with Crippen molar-refractivity contribution in [1.82, 2.24) is 10.4 Å². The van der Waals surface area contributed by atoms with Gasteiger partial charge in [-0.1, -0.05) is 12.1 Å². The van der Waals surface area contributed by atoms with Crippen LogP contribution in [0.2, 0.25) is 0 Å². The lowest BCUT2D eigenvalue weighted by molar-refractivity contribution is 0.0955. The zero-order chi connectivity index (χ0) is 12.8. The van der Waals surface area contributed by atoms with Crippen molar-refractivity contribution in [3.05, 3.63) is 59.9 Å². The summed E-state index contributed by atoms with van der Waals surface area (Å²) in [6.07, 6.45) is 4.53. The fraction of sp³-hybridized carbons (Fsp3) is 0. The number of phenolic OH excluding ortho intramolecular Hbond substituents is 1. The summed E-state index contributed by atoms with van der Waals surface area (Å²) in [5, 5.41) is 13.0. The van der Waals surface area contributed by atoms with Gasteiger partial charge in [0, 0.05) is 18.0 Å². The van der Waals surface area contributed by atoms with E-state index in [0.717, 1.165) is 0 Å². The Hall–Kier alpha value is -2.69. The first-order valence-electron chi connectivity index (χ1n) is 5.28. The van der Waals surface area contributed by atoms with Crippen LogP contribution in [0.1, 0.15) is 15.9 Å². The van der Waals surface area contributed by atoms with Gasteiger partial charge in [0.2, 0.25) is 0 Å². The highest BCUT2D eigenvalue weighted by Crippen LogP contribution is 2.08. The van der Waals surface area contributed by atoms with E-state index in [1.807, 2.05) is 0 Å². The second-order valence-corrected chi connectivity index (χ2v) is 3.53. The number of hydrazone groups is 1. The highest BCUT2D eigenvalue weighted by Gasteiger charge is 2.01. The topological polar surface area (TPSA) is 74.6 Å². The number of pyridine rings is 1. The number of phenols is 1. The second-order valence-electron chi connectivity index (χ2n) is 3.53.